The Morgan fingerprint density at radius 1 is 1.28 bits per heavy atom. The van der Waals surface area contributed by atoms with E-state index in [0.717, 1.165) is 24.7 Å². The zero-order valence-corrected chi connectivity index (χ0v) is 10.6. The van der Waals surface area contributed by atoms with Gasteiger partial charge in [0.1, 0.15) is 0 Å². The second-order valence-electron chi connectivity index (χ2n) is 5.04. The highest BCUT2D eigenvalue weighted by atomic mass is 16.5. The molecule has 0 bridgehead atoms. The van der Waals surface area contributed by atoms with E-state index in [1.165, 1.54) is 25.7 Å². The van der Waals surface area contributed by atoms with Crippen LogP contribution in [0.5, 0.6) is 0 Å². The van der Waals surface area contributed by atoms with Crippen LogP contribution in [0.2, 0.25) is 0 Å². The lowest BCUT2D eigenvalue weighted by Gasteiger charge is -2.44. The van der Waals surface area contributed by atoms with E-state index in [4.69, 9.17) is 10.5 Å². The van der Waals surface area contributed by atoms with Gasteiger partial charge in [-0.25, -0.2) is 0 Å². The summed E-state index contributed by atoms with van der Waals surface area (Å²) in [5.41, 5.74) is 6.39. The number of morpholine rings is 1. The predicted octanol–water partition coefficient (Wildman–Crippen LogP) is 1.08. The third-order valence-corrected chi connectivity index (χ3v) is 3.94. The predicted molar refractivity (Wildman–Crippen MR) is 69.3 cm³/mol. The van der Waals surface area contributed by atoms with Crippen molar-refractivity contribution in [1.29, 1.82) is 0 Å². The van der Waals surface area contributed by atoms with Crippen molar-refractivity contribution in [2.45, 2.75) is 44.4 Å². The lowest BCUT2D eigenvalue weighted by Crippen LogP contribution is -2.53. The van der Waals surface area contributed by atoms with E-state index >= 15 is 0 Å². The maximum absolute atomic E-state index is 5.87. The minimum Gasteiger partial charge on any atom is -0.374 e. The van der Waals surface area contributed by atoms with Crippen LogP contribution < -0.4 is 10.6 Å². The summed E-state index contributed by atoms with van der Waals surface area (Å²) in [5, 5.41) is 8.46. The molecule has 2 atom stereocenters. The van der Waals surface area contributed by atoms with Crippen molar-refractivity contribution >= 4 is 5.82 Å². The number of anilines is 1. The Hall–Kier alpha value is -1.20. The molecule has 1 saturated heterocycles. The monoisotopic (exact) mass is 248 g/mol. The average molecular weight is 248 g/mol. The summed E-state index contributed by atoms with van der Waals surface area (Å²) in [5.74, 6) is 0.965. The van der Waals surface area contributed by atoms with Gasteiger partial charge < -0.3 is 15.4 Å². The van der Waals surface area contributed by atoms with Gasteiger partial charge in [0, 0.05) is 13.1 Å². The summed E-state index contributed by atoms with van der Waals surface area (Å²) < 4.78 is 5.87. The molecule has 5 heteroatoms. The molecule has 0 radical (unpaired) electrons. The first kappa shape index (κ1) is 11.9. The molecule has 2 aliphatic rings. The lowest BCUT2D eigenvalue weighted by molar-refractivity contribution is -0.00904. The van der Waals surface area contributed by atoms with Crippen LogP contribution in [0.4, 0.5) is 5.82 Å². The second-order valence-corrected chi connectivity index (χ2v) is 5.04. The Labute approximate surface area is 107 Å². The maximum atomic E-state index is 5.87. The zero-order chi connectivity index (χ0) is 12.4. The van der Waals surface area contributed by atoms with E-state index in [1.54, 1.807) is 0 Å². The van der Waals surface area contributed by atoms with Crippen molar-refractivity contribution < 1.29 is 4.74 Å². The maximum Gasteiger partial charge on any atom is 0.151 e. The molecule has 0 aromatic carbocycles. The quantitative estimate of drug-likeness (QED) is 0.848. The molecule has 18 heavy (non-hydrogen) atoms. The normalized spacial score (nSPS) is 27.9. The highest BCUT2D eigenvalue weighted by Gasteiger charge is 2.34. The van der Waals surface area contributed by atoms with Gasteiger partial charge in [-0.1, -0.05) is 12.8 Å². The summed E-state index contributed by atoms with van der Waals surface area (Å²) in [6.45, 7) is 2.15. The Balaban J connectivity index is 1.80. The number of ether oxygens (including phenoxy) is 1. The van der Waals surface area contributed by atoms with Gasteiger partial charge in [-0.15, -0.1) is 5.10 Å². The van der Waals surface area contributed by atoms with E-state index in [-0.39, 0.29) is 0 Å². The molecule has 5 nitrogen and oxygen atoms in total. The number of aromatic nitrogens is 2. The smallest absolute Gasteiger partial charge is 0.151 e. The molecule has 2 fully saturated rings. The SMILES string of the molecule is NCc1ccc(N2CCOC3CCCCC32)nn1. The van der Waals surface area contributed by atoms with Crippen molar-refractivity contribution in [2.24, 2.45) is 5.73 Å². The molecule has 2 N–H and O–H groups in total. The molecule has 0 amide bonds. The fourth-order valence-corrected chi connectivity index (χ4v) is 3.00. The zero-order valence-electron chi connectivity index (χ0n) is 10.6. The molecule has 2 unspecified atom stereocenters. The van der Waals surface area contributed by atoms with Crippen LogP contribution in [0.1, 0.15) is 31.4 Å². The highest BCUT2D eigenvalue weighted by molar-refractivity contribution is 5.40. The van der Waals surface area contributed by atoms with Crippen LogP contribution in [0.3, 0.4) is 0 Å². The Morgan fingerprint density at radius 2 is 2.17 bits per heavy atom. The molecule has 98 valence electrons. The first-order valence-corrected chi connectivity index (χ1v) is 6.79. The minimum absolute atomic E-state index is 0.378. The van der Waals surface area contributed by atoms with Gasteiger partial charge in [0.05, 0.1) is 24.4 Å². The van der Waals surface area contributed by atoms with Gasteiger partial charge in [0.2, 0.25) is 0 Å². The average Bonchev–Trinajstić information content (AvgIpc) is 2.47. The van der Waals surface area contributed by atoms with E-state index in [1.807, 2.05) is 12.1 Å². The molecule has 1 aromatic heterocycles. The van der Waals surface area contributed by atoms with Gasteiger partial charge in [-0.2, -0.15) is 5.10 Å². The van der Waals surface area contributed by atoms with Gasteiger partial charge in [0.25, 0.3) is 0 Å². The van der Waals surface area contributed by atoms with Gasteiger partial charge in [-0.3, -0.25) is 0 Å². The second kappa shape index (κ2) is 5.20. The van der Waals surface area contributed by atoms with E-state index in [9.17, 15) is 0 Å². The van der Waals surface area contributed by atoms with Crippen LogP contribution in [-0.2, 0) is 11.3 Å². The largest absolute Gasteiger partial charge is 0.374 e. The number of nitrogens with two attached hydrogens (primary N) is 1. The van der Waals surface area contributed by atoms with Crippen LogP contribution >= 0.6 is 0 Å². The van der Waals surface area contributed by atoms with Crippen molar-refractivity contribution in [1.82, 2.24) is 10.2 Å². The van der Waals surface area contributed by atoms with Gasteiger partial charge >= 0.3 is 0 Å². The fourth-order valence-electron chi connectivity index (χ4n) is 3.00. The minimum atomic E-state index is 0.378. The first-order valence-electron chi connectivity index (χ1n) is 6.79. The topological polar surface area (TPSA) is 64.3 Å². The molecule has 3 rings (SSSR count). The highest BCUT2D eigenvalue weighted by Crippen LogP contribution is 2.30. The standard InChI is InChI=1S/C13H20N4O/c14-9-10-5-6-13(16-15-10)17-7-8-18-12-4-2-1-3-11(12)17/h5-6,11-12H,1-4,7-9,14H2. The number of hydrogen-bond donors (Lipinski definition) is 1. The Bertz CT molecular complexity index is 392. The summed E-state index contributed by atoms with van der Waals surface area (Å²) in [4.78, 5) is 2.36. The van der Waals surface area contributed by atoms with Crippen molar-refractivity contribution in [3.63, 3.8) is 0 Å². The van der Waals surface area contributed by atoms with E-state index < -0.39 is 0 Å². The van der Waals surface area contributed by atoms with Crippen LogP contribution in [-0.4, -0.2) is 35.5 Å². The summed E-state index contributed by atoms with van der Waals surface area (Å²) in [7, 11) is 0. The number of nitrogens with zero attached hydrogens (tertiary/aromatic N) is 3. The number of rotatable bonds is 2. The third kappa shape index (κ3) is 2.20. The molecule has 1 saturated carbocycles. The van der Waals surface area contributed by atoms with Crippen LogP contribution in [0, 0.1) is 0 Å². The lowest BCUT2D eigenvalue weighted by atomic mass is 9.90. The molecule has 1 aliphatic heterocycles. The van der Waals surface area contributed by atoms with E-state index in [0.29, 0.717) is 18.7 Å². The van der Waals surface area contributed by atoms with Gasteiger partial charge in [0.15, 0.2) is 5.82 Å². The van der Waals surface area contributed by atoms with Crippen molar-refractivity contribution in [2.75, 3.05) is 18.1 Å². The van der Waals surface area contributed by atoms with Crippen LogP contribution in [0.15, 0.2) is 12.1 Å². The summed E-state index contributed by atoms with van der Waals surface area (Å²) in [6, 6.07) is 4.48. The fraction of sp³-hybridized carbons (Fsp3) is 0.692. The Kier molecular flexibility index (Phi) is 3.43. The molecule has 0 spiro atoms. The first-order chi connectivity index (χ1) is 8.88. The summed E-state index contributed by atoms with van der Waals surface area (Å²) >= 11 is 0. The molecule has 1 aliphatic carbocycles. The number of fused-ring (bicyclic) bond motifs is 1. The number of hydrogen-bond acceptors (Lipinski definition) is 5. The molecule has 2 heterocycles. The molecule has 1 aromatic rings. The molecular formula is C13H20N4O. The summed E-state index contributed by atoms with van der Waals surface area (Å²) in [6.07, 6.45) is 5.33. The molecular weight excluding hydrogens is 228 g/mol. The van der Waals surface area contributed by atoms with Crippen molar-refractivity contribution in [3.8, 4) is 0 Å². The van der Waals surface area contributed by atoms with E-state index in [2.05, 4.69) is 15.1 Å². The third-order valence-electron chi connectivity index (χ3n) is 3.94. The van der Waals surface area contributed by atoms with Crippen molar-refractivity contribution in [3.05, 3.63) is 17.8 Å². The van der Waals surface area contributed by atoms with Crippen LogP contribution in [0.25, 0.3) is 0 Å². The Morgan fingerprint density at radius 3 is 2.94 bits per heavy atom. The van der Waals surface area contributed by atoms with Gasteiger partial charge in [-0.05, 0) is 25.0 Å².